The number of ether oxygens (including phenoxy) is 1. The quantitative estimate of drug-likeness (QED) is 0.510. The lowest BCUT2D eigenvalue weighted by molar-refractivity contribution is -0.183. The Bertz CT molecular complexity index is 333. The maximum Gasteiger partial charge on any atom is 0.383 e. The first-order chi connectivity index (χ1) is 9.20. The Balaban J connectivity index is 5.10. The van der Waals surface area contributed by atoms with Crippen molar-refractivity contribution in [1.82, 2.24) is 4.90 Å². The van der Waals surface area contributed by atoms with Crippen LogP contribution in [0.5, 0.6) is 0 Å². The van der Waals surface area contributed by atoms with Gasteiger partial charge >= 0.3 is 18.3 Å². The number of methoxy groups -OCH3 is 1. The number of carbonyl (C=O) groups excluding carboxylic acids is 2. The van der Waals surface area contributed by atoms with Gasteiger partial charge in [-0.25, -0.2) is 8.78 Å². The molecule has 0 N–H and O–H groups in total. The summed E-state index contributed by atoms with van der Waals surface area (Å²) >= 11 is 0. The Hall–Kier alpha value is -1.34. The standard InChI is InChI=1S/C12H19F4NO3/c1-4-8(5-2)6-17(7-9(18)20-3)11(19)12(15,16)10(13)14/h8,10H,4-7H2,1-3H3. The van der Waals surface area contributed by atoms with Gasteiger partial charge < -0.3 is 9.64 Å². The van der Waals surface area contributed by atoms with Crippen LogP contribution in [0.2, 0.25) is 0 Å². The van der Waals surface area contributed by atoms with Gasteiger partial charge in [0.25, 0.3) is 5.91 Å². The minimum Gasteiger partial charge on any atom is -0.468 e. The number of esters is 1. The van der Waals surface area contributed by atoms with Crippen LogP contribution < -0.4 is 0 Å². The lowest BCUT2D eigenvalue weighted by Crippen LogP contribution is -2.50. The van der Waals surface area contributed by atoms with E-state index in [1.165, 1.54) is 0 Å². The molecule has 4 nitrogen and oxygen atoms in total. The molecule has 0 aliphatic carbocycles. The number of amides is 1. The van der Waals surface area contributed by atoms with Crippen molar-refractivity contribution < 1.29 is 31.9 Å². The number of carbonyl (C=O) groups is 2. The fraction of sp³-hybridized carbons (Fsp3) is 0.833. The molecule has 0 radical (unpaired) electrons. The topological polar surface area (TPSA) is 46.6 Å². The van der Waals surface area contributed by atoms with Crippen LogP contribution in [0.4, 0.5) is 17.6 Å². The molecule has 0 atom stereocenters. The predicted molar refractivity (Wildman–Crippen MR) is 63.6 cm³/mol. The molecule has 0 saturated heterocycles. The van der Waals surface area contributed by atoms with Crippen LogP contribution >= 0.6 is 0 Å². The van der Waals surface area contributed by atoms with Gasteiger partial charge in [-0.1, -0.05) is 26.7 Å². The van der Waals surface area contributed by atoms with E-state index in [1.807, 2.05) is 0 Å². The Labute approximate surface area is 115 Å². The lowest BCUT2D eigenvalue weighted by Gasteiger charge is -2.28. The second-order valence-corrected chi connectivity index (χ2v) is 4.37. The van der Waals surface area contributed by atoms with Crippen molar-refractivity contribution in [3.05, 3.63) is 0 Å². The Kier molecular flexibility index (Phi) is 7.52. The first kappa shape index (κ1) is 18.7. The van der Waals surface area contributed by atoms with Crippen molar-refractivity contribution in [2.45, 2.75) is 39.0 Å². The molecular formula is C12H19F4NO3. The highest BCUT2D eigenvalue weighted by atomic mass is 19.3. The number of rotatable bonds is 8. The molecule has 8 heteroatoms. The summed E-state index contributed by atoms with van der Waals surface area (Å²) < 4.78 is 55.0. The first-order valence-electron chi connectivity index (χ1n) is 6.22. The molecule has 0 fully saturated rings. The van der Waals surface area contributed by atoms with Crippen molar-refractivity contribution in [2.75, 3.05) is 20.2 Å². The van der Waals surface area contributed by atoms with Crippen LogP contribution in [0.15, 0.2) is 0 Å². The molecule has 0 spiro atoms. The van der Waals surface area contributed by atoms with Crippen molar-refractivity contribution in [3.63, 3.8) is 0 Å². The second kappa shape index (κ2) is 8.06. The summed E-state index contributed by atoms with van der Waals surface area (Å²) in [6, 6.07) is 0. The minimum absolute atomic E-state index is 0.155. The number of hydrogen-bond acceptors (Lipinski definition) is 3. The highest BCUT2D eigenvalue weighted by Crippen LogP contribution is 2.26. The van der Waals surface area contributed by atoms with Crippen molar-refractivity contribution in [2.24, 2.45) is 5.92 Å². The maximum atomic E-state index is 13.1. The zero-order valence-electron chi connectivity index (χ0n) is 11.7. The third kappa shape index (κ3) is 4.97. The number of halogens is 4. The van der Waals surface area contributed by atoms with E-state index in [4.69, 9.17) is 0 Å². The molecule has 0 heterocycles. The van der Waals surface area contributed by atoms with Gasteiger partial charge in [0.05, 0.1) is 7.11 Å². The first-order valence-corrected chi connectivity index (χ1v) is 6.22. The maximum absolute atomic E-state index is 13.1. The van der Waals surface area contributed by atoms with Crippen LogP contribution in [0.1, 0.15) is 26.7 Å². The molecule has 1 amide bonds. The van der Waals surface area contributed by atoms with Crippen molar-refractivity contribution >= 4 is 11.9 Å². The molecule has 0 aromatic rings. The SMILES string of the molecule is CCC(CC)CN(CC(=O)OC)C(=O)C(F)(F)C(F)F. The largest absolute Gasteiger partial charge is 0.468 e. The van der Waals surface area contributed by atoms with E-state index in [0.717, 1.165) is 7.11 Å². The molecule has 118 valence electrons. The molecular weight excluding hydrogens is 282 g/mol. The van der Waals surface area contributed by atoms with Gasteiger partial charge in [0, 0.05) is 6.54 Å². The number of hydrogen-bond donors (Lipinski definition) is 0. The van der Waals surface area contributed by atoms with Gasteiger partial charge in [-0.3, -0.25) is 9.59 Å². The van der Waals surface area contributed by atoms with Crippen LogP contribution in [-0.4, -0.2) is 49.3 Å². The van der Waals surface area contributed by atoms with Crippen LogP contribution in [0.25, 0.3) is 0 Å². The van der Waals surface area contributed by atoms with Gasteiger partial charge in [0.15, 0.2) is 0 Å². The Morgan fingerprint density at radius 1 is 1.20 bits per heavy atom. The monoisotopic (exact) mass is 301 g/mol. The number of alkyl halides is 4. The second-order valence-electron chi connectivity index (χ2n) is 4.37. The third-order valence-corrected chi connectivity index (χ3v) is 3.03. The lowest BCUT2D eigenvalue weighted by atomic mass is 10.0. The molecule has 0 aromatic carbocycles. The molecule has 0 saturated carbocycles. The average molecular weight is 301 g/mol. The van der Waals surface area contributed by atoms with Gasteiger partial charge in [0.2, 0.25) is 0 Å². The van der Waals surface area contributed by atoms with E-state index in [-0.39, 0.29) is 12.5 Å². The normalized spacial score (nSPS) is 11.8. The third-order valence-electron chi connectivity index (χ3n) is 3.03. The zero-order chi connectivity index (χ0) is 15.9. The minimum atomic E-state index is -4.81. The summed E-state index contributed by atoms with van der Waals surface area (Å²) in [4.78, 5) is 23.1. The van der Waals surface area contributed by atoms with E-state index in [1.54, 1.807) is 13.8 Å². The molecule has 20 heavy (non-hydrogen) atoms. The van der Waals surface area contributed by atoms with Gasteiger partial charge in [-0.05, 0) is 5.92 Å². The summed E-state index contributed by atoms with van der Waals surface area (Å²) in [6.45, 7) is 2.60. The van der Waals surface area contributed by atoms with Crippen LogP contribution in [-0.2, 0) is 14.3 Å². The predicted octanol–water partition coefficient (Wildman–Crippen LogP) is 2.32. The summed E-state index contributed by atoms with van der Waals surface area (Å²) in [7, 11) is 1.02. The Morgan fingerprint density at radius 3 is 2.05 bits per heavy atom. The summed E-state index contributed by atoms with van der Waals surface area (Å²) in [6.07, 6.45) is -2.97. The molecule has 0 aliphatic rings. The van der Waals surface area contributed by atoms with Gasteiger partial charge in [-0.2, -0.15) is 8.78 Å². The molecule has 0 unspecified atom stereocenters. The fourth-order valence-electron chi connectivity index (χ4n) is 1.60. The summed E-state index contributed by atoms with van der Waals surface area (Å²) in [5.41, 5.74) is 0. The van der Waals surface area contributed by atoms with Crippen LogP contribution in [0, 0.1) is 5.92 Å². The van der Waals surface area contributed by atoms with Gasteiger partial charge in [-0.15, -0.1) is 0 Å². The summed E-state index contributed by atoms with van der Waals surface area (Å²) in [5.74, 6) is -7.95. The summed E-state index contributed by atoms with van der Waals surface area (Å²) in [5, 5.41) is 0. The van der Waals surface area contributed by atoms with E-state index in [9.17, 15) is 27.2 Å². The van der Waals surface area contributed by atoms with E-state index < -0.39 is 30.8 Å². The zero-order valence-corrected chi connectivity index (χ0v) is 11.7. The highest BCUT2D eigenvalue weighted by molar-refractivity contribution is 5.87. The van der Waals surface area contributed by atoms with Crippen LogP contribution in [0.3, 0.4) is 0 Å². The van der Waals surface area contributed by atoms with E-state index in [2.05, 4.69) is 4.74 Å². The van der Waals surface area contributed by atoms with E-state index in [0.29, 0.717) is 17.7 Å². The molecule has 0 aliphatic heterocycles. The average Bonchev–Trinajstić information content (AvgIpc) is 2.41. The number of nitrogens with zero attached hydrogens (tertiary/aromatic N) is 1. The van der Waals surface area contributed by atoms with Crippen molar-refractivity contribution in [3.8, 4) is 0 Å². The Morgan fingerprint density at radius 2 is 1.70 bits per heavy atom. The molecule has 0 rings (SSSR count). The van der Waals surface area contributed by atoms with Gasteiger partial charge in [0.1, 0.15) is 6.54 Å². The fourth-order valence-corrected chi connectivity index (χ4v) is 1.60. The van der Waals surface area contributed by atoms with Crippen molar-refractivity contribution in [1.29, 1.82) is 0 Å². The highest BCUT2D eigenvalue weighted by Gasteiger charge is 2.51. The smallest absolute Gasteiger partial charge is 0.383 e. The molecule has 0 bridgehead atoms. The van der Waals surface area contributed by atoms with E-state index >= 15 is 0 Å². The molecule has 0 aromatic heterocycles.